The maximum atomic E-state index is 10.9. The van der Waals surface area contributed by atoms with Crippen LogP contribution in [0.15, 0.2) is 12.2 Å². The van der Waals surface area contributed by atoms with Crippen LogP contribution >= 0.6 is 0 Å². The van der Waals surface area contributed by atoms with Crippen LogP contribution in [0.1, 0.15) is 78.1 Å². The second-order valence-corrected chi connectivity index (χ2v) is 4.76. The summed E-state index contributed by atoms with van der Waals surface area (Å²) in [7, 11) is 0. The van der Waals surface area contributed by atoms with Crippen molar-refractivity contribution in [3.8, 4) is 0 Å². The van der Waals surface area contributed by atoms with E-state index in [4.69, 9.17) is 4.74 Å². The van der Waals surface area contributed by atoms with E-state index in [-0.39, 0.29) is 5.97 Å². The third-order valence-corrected chi connectivity index (χ3v) is 3.05. The molecule has 0 aromatic heterocycles. The maximum Gasteiger partial charge on any atom is 0.305 e. The van der Waals surface area contributed by atoms with Crippen molar-refractivity contribution in [2.24, 2.45) is 0 Å². The molecule has 106 valence electrons. The first-order valence-corrected chi connectivity index (χ1v) is 7.58. The molecule has 0 N–H and O–H groups in total. The van der Waals surface area contributed by atoms with Crippen LogP contribution in [0.25, 0.3) is 0 Å². The van der Waals surface area contributed by atoms with Crippen LogP contribution in [0.3, 0.4) is 0 Å². The van der Waals surface area contributed by atoms with Gasteiger partial charge in [-0.3, -0.25) is 4.79 Å². The van der Waals surface area contributed by atoms with Crippen molar-refractivity contribution in [3.05, 3.63) is 12.2 Å². The minimum atomic E-state index is -0.0730. The van der Waals surface area contributed by atoms with E-state index in [9.17, 15) is 4.79 Å². The highest BCUT2D eigenvalue weighted by molar-refractivity contribution is 5.68. The molecule has 0 atom stereocenters. The first-order chi connectivity index (χ1) is 8.81. The number of hydrogen-bond acceptors (Lipinski definition) is 2. The van der Waals surface area contributed by atoms with Crippen LogP contribution in [0.5, 0.6) is 0 Å². The molecule has 0 aliphatic rings. The molecular weight excluding hydrogens is 224 g/mol. The van der Waals surface area contributed by atoms with E-state index in [2.05, 4.69) is 19.1 Å². The number of ether oxygens (including phenoxy) is 1. The van der Waals surface area contributed by atoms with Gasteiger partial charge < -0.3 is 4.74 Å². The zero-order chi connectivity index (χ0) is 13.5. The lowest BCUT2D eigenvalue weighted by Gasteiger charge is -2.03. The standard InChI is InChI=1S/C16H30O2/c1-3-5-6-7-8-9-10-11-12-13-14-15-18-16(17)4-2/h3,5H,4,6-15H2,1-2H3. The summed E-state index contributed by atoms with van der Waals surface area (Å²) in [6, 6.07) is 0. The zero-order valence-corrected chi connectivity index (χ0v) is 12.2. The molecule has 18 heavy (non-hydrogen) atoms. The molecular formula is C16H30O2. The molecule has 0 radical (unpaired) electrons. The van der Waals surface area contributed by atoms with Crippen LogP contribution in [0, 0.1) is 0 Å². The molecule has 0 aliphatic carbocycles. The average molecular weight is 254 g/mol. The van der Waals surface area contributed by atoms with Gasteiger partial charge in [-0.05, 0) is 26.2 Å². The minimum absolute atomic E-state index is 0.0730. The Kier molecular flexibility index (Phi) is 13.6. The lowest BCUT2D eigenvalue weighted by Crippen LogP contribution is -2.03. The summed E-state index contributed by atoms with van der Waals surface area (Å²) in [5.41, 5.74) is 0. The molecule has 0 aliphatic heterocycles. The van der Waals surface area contributed by atoms with Crippen molar-refractivity contribution in [1.82, 2.24) is 0 Å². The Hall–Kier alpha value is -0.790. The van der Waals surface area contributed by atoms with Gasteiger partial charge in [0.1, 0.15) is 0 Å². The summed E-state index contributed by atoms with van der Waals surface area (Å²) in [5, 5.41) is 0. The van der Waals surface area contributed by atoms with Crippen molar-refractivity contribution in [1.29, 1.82) is 0 Å². The van der Waals surface area contributed by atoms with Gasteiger partial charge in [-0.25, -0.2) is 0 Å². The highest BCUT2D eigenvalue weighted by atomic mass is 16.5. The molecule has 0 fully saturated rings. The molecule has 0 aromatic carbocycles. The van der Waals surface area contributed by atoms with Crippen LogP contribution < -0.4 is 0 Å². The van der Waals surface area contributed by atoms with E-state index in [1.54, 1.807) is 0 Å². The molecule has 2 heteroatoms. The second-order valence-electron chi connectivity index (χ2n) is 4.76. The second kappa shape index (κ2) is 14.3. The fourth-order valence-electron chi connectivity index (χ4n) is 1.88. The number of esters is 1. The van der Waals surface area contributed by atoms with Crippen LogP contribution in [0.2, 0.25) is 0 Å². The lowest BCUT2D eigenvalue weighted by molar-refractivity contribution is -0.143. The largest absolute Gasteiger partial charge is 0.466 e. The summed E-state index contributed by atoms with van der Waals surface area (Å²) in [5.74, 6) is -0.0730. The molecule has 0 unspecified atom stereocenters. The van der Waals surface area contributed by atoms with Crippen molar-refractivity contribution < 1.29 is 9.53 Å². The highest BCUT2D eigenvalue weighted by Crippen LogP contribution is 2.10. The van der Waals surface area contributed by atoms with E-state index < -0.39 is 0 Å². The highest BCUT2D eigenvalue weighted by Gasteiger charge is 1.97. The quantitative estimate of drug-likeness (QED) is 0.277. The normalized spacial score (nSPS) is 11.0. The van der Waals surface area contributed by atoms with Gasteiger partial charge in [0.15, 0.2) is 0 Å². The molecule has 0 heterocycles. The van der Waals surface area contributed by atoms with E-state index in [1.165, 1.54) is 51.4 Å². The monoisotopic (exact) mass is 254 g/mol. The number of carbonyl (C=O) groups is 1. The van der Waals surface area contributed by atoms with Crippen LogP contribution in [-0.4, -0.2) is 12.6 Å². The summed E-state index contributed by atoms with van der Waals surface area (Å²) in [6.07, 6.45) is 16.3. The third-order valence-electron chi connectivity index (χ3n) is 3.05. The van der Waals surface area contributed by atoms with E-state index in [0.29, 0.717) is 13.0 Å². The number of hydrogen-bond donors (Lipinski definition) is 0. The average Bonchev–Trinajstić information content (AvgIpc) is 2.39. The Balaban J connectivity index is 3.01. The molecule has 0 aromatic rings. The van der Waals surface area contributed by atoms with Gasteiger partial charge in [-0.15, -0.1) is 0 Å². The van der Waals surface area contributed by atoms with Crippen molar-refractivity contribution in [2.75, 3.05) is 6.61 Å². The first kappa shape index (κ1) is 17.2. The smallest absolute Gasteiger partial charge is 0.305 e. The number of rotatable bonds is 12. The van der Waals surface area contributed by atoms with Crippen molar-refractivity contribution in [3.63, 3.8) is 0 Å². The van der Waals surface area contributed by atoms with Gasteiger partial charge in [-0.2, -0.15) is 0 Å². The molecule has 0 bridgehead atoms. The predicted octanol–water partition coefficient (Wildman–Crippen LogP) is 5.03. The van der Waals surface area contributed by atoms with Crippen LogP contribution in [0.4, 0.5) is 0 Å². The van der Waals surface area contributed by atoms with Gasteiger partial charge in [-0.1, -0.05) is 57.6 Å². The number of unbranched alkanes of at least 4 members (excludes halogenated alkanes) is 8. The molecule has 0 spiro atoms. The summed E-state index contributed by atoms with van der Waals surface area (Å²) in [6.45, 7) is 4.52. The molecule has 2 nitrogen and oxygen atoms in total. The number of allylic oxidation sites excluding steroid dienone is 2. The summed E-state index contributed by atoms with van der Waals surface area (Å²) < 4.78 is 5.03. The third kappa shape index (κ3) is 13.3. The Labute approximate surface area is 113 Å². The molecule has 0 saturated carbocycles. The topological polar surface area (TPSA) is 26.3 Å². The van der Waals surface area contributed by atoms with Gasteiger partial charge in [0.2, 0.25) is 0 Å². The molecule has 0 amide bonds. The Morgan fingerprint density at radius 2 is 1.50 bits per heavy atom. The summed E-state index contributed by atoms with van der Waals surface area (Å²) >= 11 is 0. The van der Waals surface area contributed by atoms with Gasteiger partial charge in [0.25, 0.3) is 0 Å². The zero-order valence-electron chi connectivity index (χ0n) is 12.2. The van der Waals surface area contributed by atoms with E-state index in [0.717, 1.165) is 6.42 Å². The van der Waals surface area contributed by atoms with Gasteiger partial charge >= 0.3 is 5.97 Å². The maximum absolute atomic E-state index is 10.9. The lowest BCUT2D eigenvalue weighted by atomic mass is 10.1. The Bertz CT molecular complexity index is 209. The fourth-order valence-corrected chi connectivity index (χ4v) is 1.88. The van der Waals surface area contributed by atoms with Gasteiger partial charge in [0.05, 0.1) is 6.61 Å². The summed E-state index contributed by atoms with van der Waals surface area (Å²) in [4.78, 5) is 10.9. The first-order valence-electron chi connectivity index (χ1n) is 7.58. The minimum Gasteiger partial charge on any atom is -0.466 e. The SMILES string of the molecule is CC=CCCCCCCCCCCOC(=O)CC. The predicted molar refractivity (Wildman–Crippen MR) is 77.6 cm³/mol. The Morgan fingerprint density at radius 3 is 2.06 bits per heavy atom. The number of carbonyl (C=O) groups excluding carboxylic acids is 1. The van der Waals surface area contributed by atoms with Gasteiger partial charge in [0, 0.05) is 6.42 Å². The van der Waals surface area contributed by atoms with E-state index in [1.807, 2.05) is 6.92 Å². The van der Waals surface area contributed by atoms with Crippen molar-refractivity contribution in [2.45, 2.75) is 78.1 Å². The van der Waals surface area contributed by atoms with Crippen LogP contribution in [-0.2, 0) is 9.53 Å². The fraction of sp³-hybridized carbons (Fsp3) is 0.812. The molecule has 0 rings (SSSR count). The Morgan fingerprint density at radius 1 is 0.944 bits per heavy atom. The molecule has 0 saturated heterocycles. The van der Waals surface area contributed by atoms with E-state index >= 15 is 0 Å². The van der Waals surface area contributed by atoms with Crippen molar-refractivity contribution >= 4 is 5.97 Å².